The average molecular weight is 348 g/mol. The molecule has 3 N–H and O–H groups in total. The maximum Gasteiger partial charge on any atom is 0.252 e. The van der Waals surface area contributed by atoms with Crippen LogP contribution in [0.15, 0.2) is 41.3 Å². The highest BCUT2D eigenvalue weighted by atomic mass is 35.5. The van der Waals surface area contributed by atoms with E-state index in [2.05, 4.69) is 15.2 Å². The van der Waals surface area contributed by atoms with Crippen LogP contribution in [0.4, 0.5) is 0 Å². The van der Waals surface area contributed by atoms with Gasteiger partial charge in [-0.3, -0.25) is 9.69 Å². The molecule has 1 unspecified atom stereocenters. The molecule has 2 heterocycles. The van der Waals surface area contributed by atoms with Crippen LogP contribution in [-0.2, 0) is 13.1 Å². The summed E-state index contributed by atoms with van der Waals surface area (Å²) in [6.45, 7) is 3.13. The van der Waals surface area contributed by atoms with Crippen LogP contribution in [0, 0.1) is 0 Å². The molecule has 128 valence electrons. The van der Waals surface area contributed by atoms with E-state index in [9.17, 15) is 9.90 Å². The van der Waals surface area contributed by atoms with Gasteiger partial charge < -0.3 is 15.4 Å². The van der Waals surface area contributed by atoms with Gasteiger partial charge in [0.05, 0.1) is 0 Å². The van der Waals surface area contributed by atoms with E-state index in [1.54, 1.807) is 18.3 Å². The number of halogens is 1. The molecule has 1 aliphatic rings. The zero-order valence-corrected chi connectivity index (χ0v) is 14.2. The number of nitrogens with zero attached hydrogens (tertiary/aromatic N) is 1. The van der Waals surface area contributed by atoms with Crippen molar-refractivity contribution in [1.82, 2.24) is 15.2 Å². The molecule has 1 aromatic carbocycles. The van der Waals surface area contributed by atoms with Gasteiger partial charge in [-0.1, -0.05) is 17.7 Å². The van der Waals surface area contributed by atoms with Crippen LogP contribution in [0.25, 0.3) is 0 Å². The van der Waals surface area contributed by atoms with Crippen LogP contribution in [-0.4, -0.2) is 34.1 Å². The first-order valence-corrected chi connectivity index (χ1v) is 8.59. The predicted molar refractivity (Wildman–Crippen MR) is 95.3 cm³/mol. The fraction of sp³-hybridized carbons (Fsp3) is 0.389. The number of hydrogen-bond acceptors (Lipinski definition) is 4. The molecule has 0 saturated carbocycles. The second-order valence-corrected chi connectivity index (χ2v) is 6.69. The molecule has 0 spiro atoms. The number of likely N-dealkylation sites (tertiary alicyclic amines) is 1. The fourth-order valence-electron chi connectivity index (χ4n) is 3.14. The van der Waals surface area contributed by atoms with E-state index in [0.717, 1.165) is 37.1 Å². The number of phenols is 1. The first-order valence-electron chi connectivity index (χ1n) is 8.21. The largest absolute Gasteiger partial charge is 0.508 e. The molecule has 0 bridgehead atoms. The number of rotatable bonds is 5. The minimum absolute atomic E-state index is 0.0403. The molecule has 1 fully saturated rings. The smallest absolute Gasteiger partial charge is 0.252 e. The SMILES string of the molecule is O=c1[nH]cccc1CNC1CCCN(Cc2cc(Cl)ccc2O)C1. The third-order valence-electron chi connectivity index (χ3n) is 4.42. The summed E-state index contributed by atoms with van der Waals surface area (Å²) in [6, 6.07) is 9.17. The Hall–Kier alpha value is -1.82. The van der Waals surface area contributed by atoms with Gasteiger partial charge >= 0.3 is 0 Å². The molecular weight excluding hydrogens is 326 g/mol. The van der Waals surface area contributed by atoms with E-state index >= 15 is 0 Å². The van der Waals surface area contributed by atoms with Crippen molar-refractivity contribution in [3.8, 4) is 5.75 Å². The number of H-pyrrole nitrogens is 1. The molecule has 1 aromatic heterocycles. The van der Waals surface area contributed by atoms with E-state index in [1.165, 1.54) is 0 Å². The van der Waals surface area contributed by atoms with Crippen molar-refractivity contribution in [3.05, 3.63) is 63.0 Å². The summed E-state index contributed by atoms with van der Waals surface area (Å²) in [5.41, 5.74) is 1.56. The van der Waals surface area contributed by atoms with E-state index < -0.39 is 0 Å². The summed E-state index contributed by atoms with van der Waals surface area (Å²) in [7, 11) is 0. The summed E-state index contributed by atoms with van der Waals surface area (Å²) >= 11 is 6.02. The van der Waals surface area contributed by atoms with Gasteiger partial charge in [-0.15, -0.1) is 0 Å². The normalized spacial score (nSPS) is 18.6. The van der Waals surface area contributed by atoms with Gasteiger partial charge in [0.2, 0.25) is 0 Å². The van der Waals surface area contributed by atoms with Gasteiger partial charge in [-0.05, 0) is 43.7 Å². The summed E-state index contributed by atoms with van der Waals surface area (Å²) in [5, 5.41) is 14.1. The lowest BCUT2D eigenvalue weighted by molar-refractivity contribution is 0.181. The first kappa shape index (κ1) is 17.0. The maximum atomic E-state index is 11.7. The van der Waals surface area contributed by atoms with Gasteiger partial charge in [0.15, 0.2) is 0 Å². The van der Waals surface area contributed by atoms with Crippen LogP contribution >= 0.6 is 11.6 Å². The zero-order valence-electron chi connectivity index (χ0n) is 13.5. The van der Waals surface area contributed by atoms with Crippen molar-refractivity contribution in [2.24, 2.45) is 0 Å². The Bertz CT molecular complexity index is 747. The Morgan fingerprint density at radius 2 is 2.21 bits per heavy atom. The lowest BCUT2D eigenvalue weighted by Gasteiger charge is -2.33. The van der Waals surface area contributed by atoms with Crippen LogP contribution in [0.3, 0.4) is 0 Å². The third-order valence-corrected chi connectivity index (χ3v) is 4.66. The van der Waals surface area contributed by atoms with Crippen LogP contribution in [0.2, 0.25) is 5.02 Å². The number of aromatic hydroxyl groups is 1. The molecule has 1 saturated heterocycles. The number of hydrogen-bond donors (Lipinski definition) is 3. The molecular formula is C18H22ClN3O2. The highest BCUT2D eigenvalue weighted by molar-refractivity contribution is 6.30. The molecule has 5 nitrogen and oxygen atoms in total. The van der Waals surface area contributed by atoms with Crippen molar-refractivity contribution in [3.63, 3.8) is 0 Å². The fourth-order valence-corrected chi connectivity index (χ4v) is 3.33. The van der Waals surface area contributed by atoms with E-state index in [1.807, 2.05) is 18.2 Å². The Labute approximate surface area is 146 Å². The Morgan fingerprint density at radius 1 is 1.33 bits per heavy atom. The minimum atomic E-state index is -0.0403. The Balaban J connectivity index is 1.57. The molecule has 0 radical (unpaired) electrons. The Kier molecular flexibility index (Phi) is 5.56. The first-order chi connectivity index (χ1) is 11.6. The molecule has 24 heavy (non-hydrogen) atoms. The van der Waals surface area contributed by atoms with Gasteiger partial charge in [0.1, 0.15) is 5.75 Å². The third kappa shape index (κ3) is 4.38. The topological polar surface area (TPSA) is 68.4 Å². The van der Waals surface area contributed by atoms with Gasteiger partial charge in [0, 0.05) is 48.0 Å². The highest BCUT2D eigenvalue weighted by Gasteiger charge is 2.20. The molecule has 3 rings (SSSR count). The van der Waals surface area contributed by atoms with Crippen molar-refractivity contribution in [2.45, 2.75) is 32.0 Å². The van der Waals surface area contributed by atoms with Crippen molar-refractivity contribution < 1.29 is 5.11 Å². The molecule has 1 aliphatic heterocycles. The van der Waals surface area contributed by atoms with Gasteiger partial charge in [-0.25, -0.2) is 0 Å². The standard InChI is InChI=1S/C18H22ClN3O2/c19-15-5-6-17(23)14(9-15)11-22-8-2-4-16(12-22)21-10-13-3-1-7-20-18(13)24/h1,3,5-7,9,16,21,23H,2,4,8,10-12H2,(H,20,24). The van der Waals surface area contributed by atoms with Crippen LogP contribution in [0.1, 0.15) is 24.0 Å². The molecule has 6 heteroatoms. The molecule has 0 aliphatic carbocycles. The van der Waals surface area contributed by atoms with Crippen molar-refractivity contribution >= 4 is 11.6 Å². The number of aromatic nitrogens is 1. The lowest BCUT2D eigenvalue weighted by atomic mass is 10.0. The highest BCUT2D eigenvalue weighted by Crippen LogP contribution is 2.24. The maximum absolute atomic E-state index is 11.7. The summed E-state index contributed by atoms with van der Waals surface area (Å²) < 4.78 is 0. The molecule has 2 aromatic rings. The number of piperidine rings is 1. The summed E-state index contributed by atoms with van der Waals surface area (Å²) in [5.74, 6) is 0.283. The lowest BCUT2D eigenvalue weighted by Crippen LogP contribution is -2.45. The van der Waals surface area contributed by atoms with Crippen molar-refractivity contribution in [2.75, 3.05) is 13.1 Å². The number of aromatic amines is 1. The quantitative estimate of drug-likeness (QED) is 0.777. The number of pyridine rings is 1. The van der Waals surface area contributed by atoms with E-state index in [-0.39, 0.29) is 11.3 Å². The predicted octanol–water partition coefficient (Wildman–Crippen LogP) is 2.49. The number of phenolic OH excluding ortho intramolecular Hbond substituents is 1. The summed E-state index contributed by atoms with van der Waals surface area (Å²) in [6.07, 6.45) is 3.82. The van der Waals surface area contributed by atoms with Crippen LogP contribution < -0.4 is 10.9 Å². The average Bonchev–Trinajstić information content (AvgIpc) is 2.58. The minimum Gasteiger partial charge on any atom is -0.508 e. The molecule has 1 atom stereocenters. The monoisotopic (exact) mass is 347 g/mol. The van der Waals surface area contributed by atoms with E-state index in [0.29, 0.717) is 24.2 Å². The molecule has 0 amide bonds. The van der Waals surface area contributed by atoms with Crippen LogP contribution in [0.5, 0.6) is 5.75 Å². The zero-order chi connectivity index (χ0) is 16.9. The number of benzene rings is 1. The number of nitrogens with one attached hydrogen (secondary N) is 2. The Morgan fingerprint density at radius 3 is 3.04 bits per heavy atom. The van der Waals surface area contributed by atoms with E-state index in [4.69, 9.17) is 11.6 Å². The van der Waals surface area contributed by atoms with Gasteiger partial charge in [-0.2, -0.15) is 0 Å². The van der Waals surface area contributed by atoms with Crippen molar-refractivity contribution in [1.29, 1.82) is 0 Å². The second-order valence-electron chi connectivity index (χ2n) is 6.25. The second kappa shape index (κ2) is 7.83. The summed E-state index contributed by atoms with van der Waals surface area (Å²) in [4.78, 5) is 16.7. The van der Waals surface area contributed by atoms with Gasteiger partial charge in [0.25, 0.3) is 5.56 Å².